The number of hydrogen-bond acceptors (Lipinski definition) is 3. The fourth-order valence-corrected chi connectivity index (χ4v) is 2.98. The van der Waals surface area contributed by atoms with Crippen molar-refractivity contribution in [3.63, 3.8) is 0 Å². The zero-order valence-electron chi connectivity index (χ0n) is 11.5. The van der Waals surface area contributed by atoms with E-state index in [2.05, 4.69) is 23.3 Å². The van der Waals surface area contributed by atoms with Gasteiger partial charge in [-0.05, 0) is 44.2 Å². The number of hydrogen-bond donors (Lipinski definition) is 0. The quantitative estimate of drug-likeness (QED) is 0.844. The highest BCUT2D eigenvalue weighted by Crippen LogP contribution is 2.37. The van der Waals surface area contributed by atoms with Gasteiger partial charge in [0.25, 0.3) is 0 Å². The average Bonchev–Trinajstić information content (AvgIpc) is 2.91. The Labute approximate surface area is 113 Å². The van der Waals surface area contributed by atoms with E-state index in [1.807, 2.05) is 22.9 Å². The van der Waals surface area contributed by atoms with Gasteiger partial charge in [-0.3, -0.25) is 0 Å². The highest BCUT2D eigenvalue weighted by molar-refractivity contribution is 5.74. The number of rotatable bonds is 4. The molecule has 102 valence electrons. The largest absolute Gasteiger partial charge is 0.354 e. The van der Waals surface area contributed by atoms with Crippen molar-refractivity contribution in [2.75, 3.05) is 6.61 Å². The van der Waals surface area contributed by atoms with E-state index in [0.29, 0.717) is 0 Å². The molecule has 0 aliphatic heterocycles. The van der Waals surface area contributed by atoms with Crippen LogP contribution in [0, 0.1) is 0 Å². The van der Waals surface area contributed by atoms with E-state index in [-0.39, 0.29) is 5.72 Å². The maximum atomic E-state index is 6.23. The monoisotopic (exact) mass is 259 g/mol. The molecule has 3 rings (SSSR count). The van der Waals surface area contributed by atoms with Gasteiger partial charge in [-0.25, -0.2) is 4.68 Å². The molecule has 0 bridgehead atoms. The molecular weight excluding hydrogens is 238 g/mol. The van der Waals surface area contributed by atoms with Crippen LogP contribution in [0.15, 0.2) is 24.3 Å². The molecule has 1 aliphatic carbocycles. The number of benzene rings is 1. The van der Waals surface area contributed by atoms with Crippen LogP contribution >= 0.6 is 0 Å². The molecule has 0 atom stereocenters. The summed E-state index contributed by atoms with van der Waals surface area (Å²) in [6, 6.07) is 8.14. The summed E-state index contributed by atoms with van der Waals surface area (Å²) in [6.07, 6.45) is 6.83. The SMILES string of the molecule is CCCOC1(n2nnc3ccccc32)CCCCC1. The molecule has 1 aromatic carbocycles. The first-order valence-electron chi connectivity index (χ1n) is 7.31. The van der Waals surface area contributed by atoms with Gasteiger partial charge in [-0.1, -0.05) is 30.7 Å². The van der Waals surface area contributed by atoms with Crippen LogP contribution in [0.1, 0.15) is 45.4 Å². The molecular formula is C15H21N3O. The second kappa shape index (κ2) is 5.29. The van der Waals surface area contributed by atoms with Gasteiger partial charge >= 0.3 is 0 Å². The predicted molar refractivity (Wildman–Crippen MR) is 74.8 cm³/mol. The maximum absolute atomic E-state index is 6.23. The minimum absolute atomic E-state index is 0.273. The van der Waals surface area contributed by atoms with E-state index in [9.17, 15) is 0 Å². The molecule has 0 saturated heterocycles. The van der Waals surface area contributed by atoms with E-state index >= 15 is 0 Å². The number of aromatic nitrogens is 3. The molecule has 2 aromatic rings. The molecule has 0 N–H and O–H groups in total. The summed E-state index contributed by atoms with van der Waals surface area (Å²) in [5, 5.41) is 8.67. The fourth-order valence-electron chi connectivity index (χ4n) is 2.98. The average molecular weight is 259 g/mol. The highest BCUT2D eigenvalue weighted by atomic mass is 16.5. The Kier molecular flexibility index (Phi) is 3.51. The van der Waals surface area contributed by atoms with Crippen molar-refractivity contribution < 1.29 is 4.74 Å². The normalized spacial score (nSPS) is 18.8. The third-order valence-corrected chi connectivity index (χ3v) is 3.95. The molecule has 1 aliphatic rings. The molecule has 1 aromatic heterocycles. The third kappa shape index (κ3) is 2.25. The second-order valence-corrected chi connectivity index (χ2v) is 5.35. The van der Waals surface area contributed by atoms with Crippen molar-refractivity contribution in [3.05, 3.63) is 24.3 Å². The Morgan fingerprint density at radius 2 is 2.00 bits per heavy atom. The van der Waals surface area contributed by atoms with E-state index in [4.69, 9.17) is 4.74 Å². The Hall–Kier alpha value is -1.42. The van der Waals surface area contributed by atoms with Crippen LogP contribution in [-0.2, 0) is 10.5 Å². The molecule has 0 unspecified atom stereocenters. The lowest BCUT2D eigenvalue weighted by molar-refractivity contribution is -0.136. The van der Waals surface area contributed by atoms with Gasteiger partial charge in [0, 0.05) is 6.61 Å². The smallest absolute Gasteiger partial charge is 0.163 e. The molecule has 1 fully saturated rings. The Morgan fingerprint density at radius 3 is 2.79 bits per heavy atom. The number of fused-ring (bicyclic) bond motifs is 1. The van der Waals surface area contributed by atoms with Gasteiger partial charge < -0.3 is 4.74 Å². The summed E-state index contributed by atoms with van der Waals surface area (Å²) in [6.45, 7) is 2.93. The van der Waals surface area contributed by atoms with Gasteiger partial charge in [0.05, 0.1) is 5.52 Å². The van der Waals surface area contributed by atoms with E-state index in [1.165, 1.54) is 19.3 Å². The van der Waals surface area contributed by atoms with Crippen molar-refractivity contribution in [1.82, 2.24) is 15.0 Å². The number of nitrogens with zero attached hydrogens (tertiary/aromatic N) is 3. The zero-order valence-corrected chi connectivity index (χ0v) is 11.5. The Bertz CT molecular complexity index is 543. The molecule has 1 saturated carbocycles. The lowest BCUT2D eigenvalue weighted by Crippen LogP contribution is -2.39. The first-order valence-corrected chi connectivity index (χ1v) is 7.31. The maximum Gasteiger partial charge on any atom is 0.163 e. The molecule has 4 heteroatoms. The third-order valence-electron chi connectivity index (χ3n) is 3.95. The van der Waals surface area contributed by atoms with Crippen LogP contribution < -0.4 is 0 Å². The topological polar surface area (TPSA) is 39.9 Å². The second-order valence-electron chi connectivity index (χ2n) is 5.35. The summed E-state index contributed by atoms with van der Waals surface area (Å²) >= 11 is 0. The summed E-state index contributed by atoms with van der Waals surface area (Å²) in [5.41, 5.74) is 1.76. The molecule has 0 spiro atoms. The molecule has 1 heterocycles. The van der Waals surface area contributed by atoms with E-state index < -0.39 is 0 Å². The minimum Gasteiger partial charge on any atom is -0.354 e. The van der Waals surface area contributed by atoms with Gasteiger partial charge in [0.2, 0.25) is 0 Å². The van der Waals surface area contributed by atoms with Crippen LogP contribution in [0.5, 0.6) is 0 Å². The van der Waals surface area contributed by atoms with Crippen molar-refractivity contribution >= 4 is 11.0 Å². The molecule has 0 amide bonds. The summed E-state index contributed by atoms with van der Waals surface area (Å²) in [7, 11) is 0. The van der Waals surface area contributed by atoms with Crippen LogP contribution in [-0.4, -0.2) is 21.6 Å². The lowest BCUT2D eigenvalue weighted by atomic mass is 9.91. The van der Waals surface area contributed by atoms with Crippen LogP contribution in [0.4, 0.5) is 0 Å². The highest BCUT2D eigenvalue weighted by Gasteiger charge is 2.37. The summed E-state index contributed by atoms with van der Waals surface area (Å²) in [5.74, 6) is 0. The van der Waals surface area contributed by atoms with E-state index in [0.717, 1.165) is 36.9 Å². The van der Waals surface area contributed by atoms with Crippen molar-refractivity contribution in [2.45, 2.75) is 51.2 Å². The van der Waals surface area contributed by atoms with Crippen LogP contribution in [0.25, 0.3) is 11.0 Å². The minimum atomic E-state index is -0.273. The molecule has 4 nitrogen and oxygen atoms in total. The van der Waals surface area contributed by atoms with Gasteiger partial charge in [-0.15, -0.1) is 5.10 Å². The van der Waals surface area contributed by atoms with Gasteiger partial charge in [-0.2, -0.15) is 0 Å². The lowest BCUT2D eigenvalue weighted by Gasteiger charge is -2.37. The standard InChI is InChI=1S/C15H21N3O/c1-2-12-19-15(10-6-3-7-11-15)18-14-9-5-4-8-13(14)16-17-18/h4-5,8-9H,2-3,6-7,10-12H2,1H3. The van der Waals surface area contributed by atoms with Crippen molar-refractivity contribution in [3.8, 4) is 0 Å². The fraction of sp³-hybridized carbons (Fsp3) is 0.600. The summed E-state index contributed by atoms with van der Waals surface area (Å²) in [4.78, 5) is 0. The van der Waals surface area contributed by atoms with Crippen molar-refractivity contribution in [2.24, 2.45) is 0 Å². The van der Waals surface area contributed by atoms with E-state index in [1.54, 1.807) is 0 Å². The number of ether oxygens (including phenoxy) is 1. The first-order chi connectivity index (χ1) is 9.36. The van der Waals surface area contributed by atoms with Gasteiger partial charge in [0.15, 0.2) is 5.72 Å². The van der Waals surface area contributed by atoms with Crippen LogP contribution in [0.3, 0.4) is 0 Å². The van der Waals surface area contributed by atoms with Gasteiger partial charge in [0.1, 0.15) is 5.52 Å². The Morgan fingerprint density at radius 1 is 1.21 bits per heavy atom. The molecule has 19 heavy (non-hydrogen) atoms. The first kappa shape index (κ1) is 12.6. The Balaban J connectivity index is 2.03. The zero-order chi connectivity index (χ0) is 13.1. The number of para-hydroxylation sites is 1. The van der Waals surface area contributed by atoms with Crippen molar-refractivity contribution in [1.29, 1.82) is 0 Å². The van der Waals surface area contributed by atoms with Crippen LogP contribution in [0.2, 0.25) is 0 Å². The molecule has 0 radical (unpaired) electrons. The summed E-state index contributed by atoms with van der Waals surface area (Å²) < 4.78 is 8.26. The predicted octanol–water partition coefficient (Wildman–Crippen LogP) is 3.47.